The molecule has 1 aromatic carbocycles. The third-order valence-corrected chi connectivity index (χ3v) is 3.46. The number of ether oxygens (including phenoxy) is 1. The largest absolute Gasteiger partial charge is 0.465 e. The van der Waals surface area contributed by atoms with Crippen LogP contribution in [0.2, 0.25) is 0 Å². The van der Waals surface area contributed by atoms with Gasteiger partial charge in [-0.15, -0.1) is 5.10 Å². The fraction of sp³-hybridized carbons (Fsp3) is 0.118. The van der Waals surface area contributed by atoms with Crippen LogP contribution < -0.4 is 5.32 Å². The molecule has 1 N–H and O–H groups in total. The van der Waals surface area contributed by atoms with Crippen LogP contribution in [0.25, 0.3) is 5.69 Å². The second-order valence-corrected chi connectivity index (χ2v) is 5.09. The molecule has 8 heteroatoms. The number of carbonyl (C=O) groups excluding carboxylic acids is 2. The Morgan fingerprint density at radius 1 is 1.16 bits per heavy atom. The number of rotatable bonds is 5. The number of hydrogen-bond acceptors (Lipinski definition) is 6. The van der Waals surface area contributed by atoms with E-state index in [9.17, 15) is 9.59 Å². The second-order valence-electron chi connectivity index (χ2n) is 5.09. The minimum atomic E-state index is -0.562. The number of benzene rings is 1. The Morgan fingerprint density at radius 2 is 1.96 bits per heavy atom. The summed E-state index contributed by atoms with van der Waals surface area (Å²) in [5, 5.41) is 10.7. The zero-order chi connectivity index (χ0) is 17.6. The van der Waals surface area contributed by atoms with Gasteiger partial charge in [0, 0.05) is 6.20 Å². The lowest BCUT2D eigenvalue weighted by molar-refractivity contribution is 0.0596. The first-order valence-electron chi connectivity index (χ1n) is 7.46. The molecule has 0 radical (unpaired) electrons. The van der Waals surface area contributed by atoms with Crippen molar-refractivity contribution >= 4 is 11.9 Å². The lowest BCUT2D eigenvalue weighted by atomic mass is 10.1. The number of methoxy groups -OCH3 is 1. The van der Waals surface area contributed by atoms with Crippen molar-refractivity contribution in [1.82, 2.24) is 25.3 Å². The van der Waals surface area contributed by atoms with E-state index in [2.05, 4.69) is 20.6 Å². The molecule has 0 fully saturated rings. The van der Waals surface area contributed by atoms with Crippen LogP contribution in [-0.4, -0.2) is 39.0 Å². The molecule has 2 aromatic heterocycles. The first-order chi connectivity index (χ1) is 12.2. The molecule has 0 aliphatic carbocycles. The average Bonchev–Trinajstić information content (AvgIpc) is 3.15. The van der Waals surface area contributed by atoms with E-state index in [0.29, 0.717) is 5.69 Å². The van der Waals surface area contributed by atoms with E-state index in [0.717, 1.165) is 5.69 Å². The van der Waals surface area contributed by atoms with Crippen molar-refractivity contribution in [2.45, 2.75) is 6.54 Å². The van der Waals surface area contributed by atoms with Gasteiger partial charge >= 0.3 is 5.97 Å². The molecule has 2 heterocycles. The van der Waals surface area contributed by atoms with Gasteiger partial charge in [0.05, 0.1) is 42.9 Å². The Bertz CT molecular complexity index is 892. The molecule has 0 bridgehead atoms. The maximum absolute atomic E-state index is 12.4. The molecule has 8 nitrogen and oxygen atoms in total. The first-order valence-corrected chi connectivity index (χ1v) is 7.46. The van der Waals surface area contributed by atoms with E-state index in [1.807, 2.05) is 6.07 Å². The van der Waals surface area contributed by atoms with E-state index < -0.39 is 11.9 Å². The summed E-state index contributed by atoms with van der Waals surface area (Å²) in [4.78, 5) is 28.1. The van der Waals surface area contributed by atoms with Gasteiger partial charge < -0.3 is 10.1 Å². The van der Waals surface area contributed by atoms with Crippen molar-refractivity contribution in [1.29, 1.82) is 0 Å². The molecule has 25 heavy (non-hydrogen) atoms. The van der Waals surface area contributed by atoms with E-state index in [1.54, 1.807) is 53.6 Å². The van der Waals surface area contributed by atoms with Gasteiger partial charge in [-0.3, -0.25) is 9.78 Å². The van der Waals surface area contributed by atoms with Gasteiger partial charge in [-0.05, 0) is 24.3 Å². The van der Waals surface area contributed by atoms with E-state index in [1.165, 1.54) is 7.11 Å². The number of nitrogens with one attached hydrogen (secondary N) is 1. The number of carbonyl (C=O) groups is 2. The Kier molecular flexibility index (Phi) is 4.79. The Morgan fingerprint density at radius 3 is 2.68 bits per heavy atom. The zero-order valence-corrected chi connectivity index (χ0v) is 13.4. The highest BCUT2D eigenvalue weighted by Crippen LogP contribution is 2.10. The Labute approximate surface area is 143 Å². The Balaban J connectivity index is 1.70. The van der Waals surface area contributed by atoms with Crippen LogP contribution in [0.5, 0.6) is 0 Å². The first kappa shape index (κ1) is 16.3. The van der Waals surface area contributed by atoms with Crippen molar-refractivity contribution < 1.29 is 14.3 Å². The molecule has 0 unspecified atom stereocenters. The summed E-state index contributed by atoms with van der Waals surface area (Å²) < 4.78 is 6.26. The number of hydrogen-bond donors (Lipinski definition) is 1. The van der Waals surface area contributed by atoms with Crippen LogP contribution >= 0.6 is 0 Å². The predicted molar refractivity (Wildman–Crippen MR) is 88.1 cm³/mol. The van der Waals surface area contributed by atoms with Crippen molar-refractivity contribution in [3.63, 3.8) is 0 Å². The molecular weight excluding hydrogens is 322 g/mol. The van der Waals surface area contributed by atoms with Crippen LogP contribution in [0.15, 0.2) is 55.0 Å². The number of amides is 1. The maximum Gasteiger partial charge on any atom is 0.338 e. The summed E-state index contributed by atoms with van der Waals surface area (Å²) in [5.74, 6) is -0.954. The third-order valence-electron chi connectivity index (χ3n) is 3.46. The van der Waals surface area contributed by atoms with Crippen LogP contribution in [0, 0.1) is 0 Å². The van der Waals surface area contributed by atoms with Crippen molar-refractivity contribution in [3.05, 3.63) is 71.8 Å². The standard InChI is InChI=1S/C17H15N5O3/c1-25-17(24)15-7-3-2-6-14(15)16(23)19-9-12-11-22(21-20-12)13-5-4-8-18-10-13/h2-8,10-11H,9H2,1H3,(H,19,23). The zero-order valence-electron chi connectivity index (χ0n) is 13.4. The molecule has 0 saturated heterocycles. The van der Waals surface area contributed by atoms with Gasteiger partial charge in [0.15, 0.2) is 0 Å². The molecule has 0 spiro atoms. The van der Waals surface area contributed by atoms with Gasteiger partial charge in [0.1, 0.15) is 5.69 Å². The summed E-state index contributed by atoms with van der Waals surface area (Å²) in [5.41, 5.74) is 1.80. The number of nitrogens with zero attached hydrogens (tertiary/aromatic N) is 4. The average molecular weight is 337 g/mol. The van der Waals surface area contributed by atoms with Gasteiger partial charge in [-0.1, -0.05) is 17.3 Å². The van der Waals surface area contributed by atoms with Gasteiger partial charge in [-0.25, -0.2) is 9.48 Å². The highest BCUT2D eigenvalue weighted by molar-refractivity contribution is 6.05. The molecule has 3 rings (SSSR count). The molecule has 0 atom stereocenters. The van der Waals surface area contributed by atoms with Crippen LogP contribution in [0.3, 0.4) is 0 Å². The minimum Gasteiger partial charge on any atom is -0.465 e. The number of pyridine rings is 1. The fourth-order valence-corrected chi connectivity index (χ4v) is 2.23. The van der Waals surface area contributed by atoms with Crippen LogP contribution in [0.4, 0.5) is 0 Å². The molecule has 0 aliphatic rings. The highest BCUT2D eigenvalue weighted by atomic mass is 16.5. The quantitative estimate of drug-likeness (QED) is 0.706. The molecule has 0 aliphatic heterocycles. The van der Waals surface area contributed by atoms with Gasteiger partial charge in [-0.2, -0.15) is 0 Å². The fourth-order valence-electron chi connectivity index (χ4n) is 2.23. The second kappa shape index (κ2) is 7.35. The monoisotopic (exact) mass is 337 g/mol. The lowest BCUT2D eigenvalue weighted by Gasteiger charge is -2.07. The SMILES string of the molecule is COC(=O)c1ccccc1C(=O)NCc1cn(-c2cccnc2)nn1. The van der Waals surface area contributed by atoms with Crippen molar-refractivity contribution in [3.8, 4) is 5.69 Å². The van der Waals surface area contributed by atoms with Gasteiger partial charge in [0.25, 0.3) is 5.91 Å². The highest BCUT2D eigenvalue weighted by Gasteiger charge is 2.17. The predicted octanol–water partition coefficient (Wildman–Crippen LogP) is 1.38. The van der Waals surface area contributed by atoms with E-state index in [-0.39, 0.29) is 17.7 Å². The summed E-state index contributed by atoms with van der Waals surface area (Å²) in [6, 6.07) is 10.1. The summed E-state index contributed by atoms with van der Waals surface area (Å²) in [6.07, 6.45) is 5.02. The molecule has 1 amide bonds. The molecule has 126 valence electrons. The number of esters is 1. The minimum absolute atomic E-state index is 0.175. The topological polar surface area (TPSA) is 99.0 Å². The summed E-state index contributed by atoms with van der Waals surface area (Å²) in [6.45, 7) is 0.175. The third kappa shape index (κ3) is 3.69. The summed E-state index contributed by atoms with van der Waals surface area (Å²) >= 11 is 0. The normalized spacial score (nSPS) is 10.3. The molecule has 0 saturated carbocycles. The van der Waals surface area contributed by atoms with E-state index >= 15 is 0 Å². The smallest absolute Gasteiger partial charge is 0.338 e. The van der Waals surface area contributed by atoms with Crippen molar-refractivity contribution in [2.24, 2.45) is 0 Å². The van der Waals surface area contributed by atoms with Crippen molar-refractivity contribution in [2.75, 3.05) is 7.11 Å². The maximum atomic E-state index is 12.4. The van der Waals surface area contributed by atoms with Crippen LogP contribution in [-0.2, 0) is 11.3 Å². The lowest BCUT2D eigenvalue weighted by Crippen LogP contribution is -2.25. The number of aromatic nitrogens is 4. The molecular formula is C17H15N5O3. The summed E-state index contributed by atoms with van der Waals surface area (Å²) in [7, 11) is 1.27. The molecule has 3 aromatic rings. The Hall–Kier alpha value is -3.55. The van der Waals surface area contributed by atoms with Gasteiger partial charge in [0.2, 0.25) is 0 Å². The van der Waals surface area contributed by atoms with E-state index in [4.69, 9.17) is 4.74 Å². The van der Waals surface area contributed by atoms with Crippen LogP contribution in [0.1, 0.15) is 26.4 Å².